The van der Waals surface area contributed by atoms with Gasteiger partial charge in [-0.1, -0.05) is 26.8 Å². The Morgan fingerprint density at radius 2 is 1.84 bits per heavy atom. The lowest BCUT2D eigenvalue weighted by atomic mass is 9.89. The van der Waals surface area contributed by atoms with Gasteiger partial charge in [0.15, 0.2) is 0 Å². The van der Waals surface area contributed by atoms with Crippen molar-refractivity contribution in [3.05, 3.63) is 35.4 Å². The molecule has 0 spiro atoms. The van der Waals surface area contributed by atoms with Crippen molar-refractivity contribution in [3.63, 3.8) is 0 Å². The minimum absolute atomic E-state index is 0.0593. The first-order chi connectivity index (χ1) is 8.71. The van der Waals surface area contributed by atoms with Crippen molar-refractivity contribution in [1.82, 2.24) is 5.32 Å². The molecule has 104 valence electrons. The van der Waals surface area contributed by atoms with Gasteiger partial charge in [0.1, 0.15) is 0 Å². The lowest BCUT2D eigenvalue weighted by Crippen LogP contribution is -2.39. The van der Waals surface area contributed by atoms with E-state index in [-0.39, 0.29) is 23.1 Å². The van der Waals surface area contributed by atoms with Crippen LogP contribution in [0.3, 0.4) is 0 Å². The summed E-state index contributed by atoms with van der Waals surface area (Å²) >= 11 is 0. The molecular weight excluding hydrogens is 246 g/mol. The third-order valence-electron chi connectivity index (χ3n) is 2.83. The number of hydrogen-bond donors (Lipinski definition) is 3. The van der Waals surface area contributed by atoms with Gasteiger partial charge in [0.25, 0.3) is 5.91 Å². The maximum absolute atomic E-state index is 11.8. The van der Waals surface area contributed by atoms with Gasteiger partial charge in [-0.15, -0.1) is 0 Å². The van der Waals surface area contributed by atoms with Crippen LogP contribution in [0.4, 0.5) is 0 Å². The highest BCUT2D eigenvalue weighted by Gasteiger charge is 2.22. The number of rotatable bonds is 4. The van der Waals surface area contributed by atoms with Crippen LogP contribution in [0.1, 0.15) is 41.5 Å². The average Bonchev–Trinajstić information content (AvgIpc) is 2.34. The van der Waals surface area contributed by atoms with Crippen molar-refractivity contribution < 1.29 is 19.8 Å². The van der Waals surface area contributed by atoms with E-state index in [1.165, 1.54) is 24.3 Å². The number of amides is 1. The predicted molar refractivity (Wildman–Crippen MR) is 71.2 cm³/mol. The predicted octanol–water partition coefficient (Wildman–Crippen LogP) is 1.52. The number of carboxylic acid groups (broad SMARTS) is 1. The summed E-state index contributed by atoms with van der Waals surface area (Å²) in [7, 11) is 0. The molecule has 0 fully saturated rings. The number of hydrogen-bond acceptors (Lipinski definition) is 3. The van der Waals surface area contributed by atoms with Crippen molar-refractivity contribution in [2.24, 2.45) is 5.41 Å². The minimum Gasteiger partial charge on any atom is -0.478 e. The summed E-state index contributed by atoms with van der Waals surface area (Å²) in [6.07, 6.45) is -0.667. The SMILES string of the molecule is CC(C)(C)C(O)CNC(=O)c1cccc(C(=O)O)c1. The van der Waals surface area contributed by atoms with Gasteiger partial charge in [0.05, 0.1) is 11.7 Å². The zero-order valence-electron chi connectivity index (χ0n) is 11.3. The van der Waals surface area contributed by atoms with Crippen LogP contribution in [0, 0.1) is 5.41 Å². The van der Waals surface area contributed by atoms with E-state index in [9.17, 15) is 14.7 Å². The molecule has 3 N–H and O–H groups in total. The van der Waals surface area contributed by atoms with E-state index < -0.39 is 18.0 Å². The fourth-order valence-electron chi connectivity index (χ4n) is 1.39. The third-order valence-corrected chi connectivity index (χ3v) is 2.83. The van der Waals surface area contributed by atoms with E-state index in [4.69, 9.17) is 5.11 Å². The number of aliphatic hydroxyl groups is 1. The van der Waals surface area contributed by atoms with Crippen LogP contribution in [0.2, 0.25) is 0 Å². The molecule has 5 heteroatoms. The highest BCUT2D eigenvalue weighted by molar-refractivity contribution is 5.97. The second kappa shape index (κ2) is 5.84. The maximum atomic E-state index is 11.8. The number of aromatic carboxylic acids is 1. The van der Waals surface area contributed by atoms with Crippen molar-refractivity contribution in [3.8, 4) is 0 Å². The molecule has 19 heavy (non-hydrogen) atoms. The molecule has 0 saturated heterocycles. The summed E-state index contributed by atoms with van der Waals surface area (Å²) in [5.74, 6) is -1.48. The highest BCUT2D eigenvalue weighted by Crippen LogP contribution is 2.18. The van der Waals surface area contributed by atoms with Gasteiger partial charge in [-0.3, -0.25) is 4.79 Å². The van der Waals surface area contributed by atoms with Gasteiger partial charge in [-0.05, 0) is 23.6 Å². The molecule has 0 saturated carbocycles. The number of nitrogens with one attached hydrogen (secondary N) is 1. The molecule has 0 heterocycles. The largest absolute Gasteiger partial charge is 0.478 e. The molecule has 0 aromatic heterocycles. The first-order valence-electron chi connectivity index (χ1n) is 6.01. The van der Waals surface area contributed by atoms with Crippen molar-refractivity contribution in [2.75, 3.05) is 6.54 Å². The van der Waals surface area contributed by atoms with Crippen molar-refractivity contribution >= 4 is 11.9 Å². The summed E-state index contributed by atoms with van der Waals surface area (Å²) in [5, 5.41) is 21.2. The Morgan fingerprint density at radius 3 is 2.37 bits per heavy atom. The Bertz CT molecular complexity index is 477. The fourth-order valence-corrected chi connectivity index (χ4v) is 1.39. The van der Waals surface area contributed by atoms with E-state index in [0.717, 1.165) is 0 Å². The highest BCUT2D eigenvalue weighted by atomic mass is 16.4. The van der Waals surface area contributed by atoms with Crippen LogP contribution < -0.4 is 5.32 Å². The molecule has 1 rings (SSSR count). The molecular formula is C14H19NO4. The van der Waals surface area contributed by atoms with E-state index in [1.54, 1.807) is 0 Å². The van der Waals surface area contributed by atoms with E-state index in [1.807, 2.05) is 20.8 Å². The number of carbonyl (C=O) groups excluding carboxylic acids is 1. The molecule has 1 aromatic carbocycles. The number of benzene rings is 1. The smallest absolute Gasteiger partial charge is 0.335 e. The van der Waals surface area contributed by atoms with Crippen LogP contribution >= 0.6 is 0 Å². The summed E-state index contributed by atoms with van der Waals surface area (Å²) in [6.45, 7) is 5.73. The average molecular weight is 265 g/mol. The van der Waals surface area contributed by atoms with Gasteiger partial charge in [0, 0.05) is 12.1 Å². The number of carbonyl (C=O) groups is 2. The molecule has 1 atom stereocenters. The van der Waals surface area contributed by atoms with E-state index in [0.29, 0.717) is 0 Å². The molecule has 0 aliphatic rings. The van der Waals surface area contributed by atoms with Gasteiger partial charge >= 0.3 is 5.97 Å². The standard InChI is InChI=1S/C14H19NO4/c1-14(2,3)11(16)8-15-12(17)9-5-4-6-10(7-9)13(18)19/h4-7,11,16H,8H2,1-3H3,(H,15,17)(H,18,19). The normalized spacial score (nSPS) is 12.8. The summed E-state index contributed by atoms with van der Waals surface area (Å²) in [6, 6.07) is 5.77. The zero-order valence-corrected chi connectivity index (χ0v) is 11.3. The quantitative estimate of drug-likeness (QED) is 0.770. The van der Waals surface area contributed by atoms with Crippen LogP contribution in [-0.2, 0) is 0 Å². The summed E-state index contributed by atoms with van der Waals surface area (Å²) in [4.78, 5) is 22.6. The molecule has 0 aliphatic carbocycles. The number of carboxylic acids is 1. The van der Waals surface area contributed by atoms with E-state index in [2.05, 4.69) is 5.32 Å². The Hall–Kier alpha value is -1.88. The van der Waals surface area contributed by atoms with Crippen LogP contribution in [0.5, 0.6) is 0 Å². The molecule has 0 radical (unpaired) electrons. The summed E-state index contributed by atoms with van der Waals surface area (Å²) < 4.78 is 0. The molecule has 1 amide bonds. The van der Waals surface area contributed by atoms with Gasteiger partial charge in [0.2, 0.25) is 0 Å². The first kappa shape index (κ1) is 15.2. The molecule has 0 aliphatic heterocycles. The van der Waals surface area contributed by atoms with Gasteiger partial charge in [-0.2, -0.15) is 0 Å². The number of aliphatic hydroxyl groups excluding tert-OH is 1. The van der Waals surface area contributed by atoms with Gasteiger partial charge < -0.3 is 15.5 Å². The monoisotopic (exact) mass is 265 g/mol. The van der Waals surface area contributed by atoms with Crippen molar-refractivity contribution in [2.45, 2.75) is 26.9 Å². The van der Waals surface area contributed by atoms with Crippen molar-refractivity contribution in [1.29, 1.82) is 0 Å². The summed E-state index contributed by atoms with van der Waals surface area (Å²) in [5.41, 5.74) is 0.000879. The van der Waals surface area contributed by atoms with Gasteiger partial charge in [-0.25, -0.2) is 4.79 Å². The topological polar surface area (TPSA) is 86.6 Å². The van der Waals surface area contributed by atoms with Crippen LogP contribution in [-0.4, -0.2) is 34.7 Å². The molecule has 1 aromatic rings. The zero-order chi connectivity index (χ0) is 14.6. The molecule has 1 unspecified atom stereocenters. The Morgan fingerprint density at radius 1 is 1.26 bits per heavy atom. The van der Waals surface area contributed by atoms with Crippen LogP contribution in [0.25, 0.3) is 0 Å². The fraction of sp³-hybridized carbons (Fsp3) is 0.429. The minimum atomic E-state index is -1.08. The molecule has 5 nitrogen and oxygen atoms in total. The Labute approximate surface area is 112 Å². The second-order valence-corrected chi connectivity index (χ2v) is 5.48. The van der Waals surface area contributed by atoms with Crippen LogP contribution in [0.15, 0.2) is 24.3 Å². The second-order valence-electron chi connectivity index (χ2n) is 5.48. The maximum Gasteiger partial charge on any atom is 0.335 e. The lowest BCUT2D eigenvalue weighted by molar-refractivity contribution is 0.0587. The molecule has 0 bridgehead atoms. The Balaban J connectivity index is 2.69. The first-order valence-corrected chi connectivity index (χ1v) is 6.01. The lowest BCUT2D eigenvalue weighted by Gasteiger charge is -2.25. The van der Waals surface area contributed by atoms with E-state index >= 15 is 0 Å². The third kappa shape index (κ3) is 4.37. The Kier molecular flexibility index (Phi) is 4.67.